The summed E-state index contributed by atoms with van der Waals surface area (Å²) in [5.74, 6) is 1.16. The van der Waals surface area contributed by atoms with Gasteiger partial charge in [0.05, 0.1) is 44.1 Å². The van der Waals surface area contributed by atoms with Crippen LogP contribution in [0.5, 0.6) is 11.5 Å². The summed E-state index contributed by atoms with van der Waals surface area (Å²) in [6.07, 6.45) is 5.37. The summed E-state index contributed by atoms with van der Waals surface area (Å²) >= 11 is 0. The molecule has 1 aliphatic rings. The largest absolute Gasteiger partial charge is 0.510 e. The van der Waals surface area contributed by atoms with E-state index in [9.17, 15) is 19.2 Å². The Bertz CT molecular complexity index is 5750. The van der Waals surface area contributed by atoms with Crippen molar-refractivity contribution < 1.29 is 57.8 Å². The van der Waals surface area contributed by atoms with Crippen molar-refractivity contribution in [3.63, 3.8) is 0 Å². The zero-order chi connectivity index (χ0) is 72.3. The predicted molar refractivity (Wildman–Crippen MR) is 338 cm³/mol. The number of aromatic nitrogens is 4. The van der Waals surface area contributed by atoms with Gasteiger partial charge in [-0.3, -0.25) is 4.57 Å². The Kier molecular flexibility index (Phi) is 8.55. The molecular formula is C76H54N4OPtSi-2. The van der Waals surface area contributed by atoms with Crippen LogP contribution in [0.15, 0.2) is 273 Å². The molecule has 0 fully saturated rings. The monoisotopic (exact) mass is 1280 g/mol. The number of rotatable bonds is 9. The van der Waals surface area contributed by atoms with Crippen molar-refractivity contribution in [3.8, 4) is 73.2 Å². The number of fused-ring (bicyclic) bond motifs is 10. The van der Waals surface area contributed by atoms with Crippen molar-refractivity contribution in [1.29, 1.82) is 0 Å². The summed E-state index contributed by atoms with van der Waals surface area (Å²) in [5, 5.41) is -0.511. The third-order valence-electron chi connectivity index (χ3n) is 15.2. The topological polar surface area (TPSA) is 35.9 Å². The Hall–Kier alpha value is -9.45. The quantitative estimate of drug-likeness (QED) is 0.0625. The van der Waals surface area contributed by atoms with E-state index in [1.807, 2.05) is 41.0 Å². The van der Waals surface area contributed by atoms with Crippen LogP contribution in [0.25, 0.3) is 94.5 Å². The molecule has 0 saturated heterocycles. The average molecular weight is 1280 g/mol. The Balaban J connectivity index is 0.00000897. The second-order valence-corrected chi connectivity index (χ2v) is 24.3. The van der Waals surface area contributed by atoms with Gasteiger partial charge in [0.15, 0.2) is 8.07 Å². The molecule has 0 unspecified atom stereocenters. The van der Waals surface area contributed by atoms with Gasteiger partial charge in [-0.15, -0.1) is 29.7 Å². The van der Waals surface area contributed by atoms with Crippen LogP contribution in [0.3, 0.4) is 0 Å². The minimum absolute atomic E-state index is 0. The van der Waals surface area contributed by atoms with Gasteiger partial charge in [-0.1, -0.05) is 244 Å². The van der Waals surface area contributed by atoms with Crippen molar-refractivity contribution in [1.82, 2.24) is 14.1 Å². The van der Waals surface area contributed by atoms with Crippen LogP contribution in [0.1, 0.15) is 53.7 Å². The predicted octanol–water partition coefficient (Wildman–Crippen LogP) is 15.2. The van der Waals surface area contributed by atoms with Gasteiger partial charge in [-0.2, -0.15) is 18.2 Å². The molecule has 3 aromatic heterocycles. The number of nitrogens with zero attached hydrogens (tertiary/aromatic N) is 4. The summed E-state index contributed by atoms with van der Waals surface area (Å²) in [4.78, 5) is 4.84. The van der Waals surface area contributed by atoms with E-state index in [4.69, 9.17) is 17.9 Å². The number of hydrogen-bond acceptors (Lipinski definition) is 2. The average Bonchev–Trinajstić information content (AvgIpc) is 1.58. The summed E-state index contributed by atoms with van der Waals surface area (Å²) in [7, 11) is -5.98. The molecule has 15 rings (SSSR count). The van der Waals surface area contributed by atoms with Crippen molar-refractivity contribution in [2.24, 2.45) is 0 Å². The molecule has 1 aliphatic heterocycles. The minimum atomic E-state index is -5.98. The molecular weight excluding hydrogens is 1210 g/mol. The molecule has 11 aromatic carbocycles. The fraction of sp³-hybridized carbons (Fsp3) is 0.0526. The molecule has 14 aromatic rings. The van der Waals surface area contributed by atoms with Crippen LogP contribution in [-0.2, 0) is 26.5 Å². The number of imidazole rings is 1. The molecule has 7 heteroatoms. The van der Waals surface area contributed by atoms with Gasteiger partial charge in [0.1, 0.15) is 5.82 Å². The molecule has 0 aliphatic carbocycles. The number of benzene rings is 11. The Morgan fingerprint density at radius 1 is 0.518 bits per heavy atom. The standard InChI is InChI=1S/C76H54N4OSi.Pt/c1-76(2,3)53-46-47-77-72(48-53)80-68-41-19-18-36-63(68)64-45-44-56(50-70(64)80)81-55-27-20-26-54(49-55)78-51-79-74-67(40-22-42-69(74)78)73-60(52-24-8-4-9-25-52)37-21-38-65(73)61-34-16-17-35-62(61)66-39-23-43-71(75(66)79)82(57-28-10-5-11-29-57,58-30-12-6-13-31-58)59-32-14-7-15-33-59;/h4-48H,1-3H3;/q-2;/i4D,5D,6D,7D,8D,9D,10D,11D,12D,13D,14D,15D,24D,25D,28D,29D,30D,31D,32D,33D;. The zero-order valence-electron chi connectivity index (χ0n) is 64.4. The first-order valence-corrected chi connectivity index (χ1v) is 28.4. The maximum atomic E-state index is 10.1. The summed E-state index contributed by atoms with van der Waals surface area (Å²) in [5.41, 5.74) is 5.39. The van der Waals surface area contributed by atoms with Gasteiger partial charge in [-0.05, 0) is 106 Å². The van der Waals surface area contributed by atoms with Crippen LogP contribution in [0.2, 0.25) is 0 Å². The third-order valence-corrected chi connectivity index (χ3v) is 19.4. The Labute approximate surface area is 527 Å². The molecule has 0 saturated carbocycles. The third kappa shape index (κ3) is 8.55. The SMILES string of the molecule is [2H]c1c([2H])c([2H])c(-c2cccc3c2-c2cccc4c2[n+]([c-]n4-c2[c-]c(Oc4[c-]c5c(cc4)c4ccccc4n5-c4cc(C(C)(C)C)ccn4)ccc2)-c2c(cccc2[Si](c2c([2H])c([2H])c([2H])c([2H])c2[2H])(c2c([2H])c([2H])c([2H])c([2H])c2[2H])c2c([2H])c([2H])c([2H])c([2H])c2[2H])-c2ccccc2-3)c([2H])c1[2H].[Pt]. The van der Waals surface area contributed by atoms with Gasteiger partial charge in [0.2, 0.25) is 0 Å². The molecule has 4 heterocycles. The van der Waals surface area contributed by atoms with Crippen molar-refractivity contribution >= 4 is 61.7 Å². The first-order chi connectivity index (χ1) is 48.6. The van der Waals surface area contributed by atoms with E-state index in [1.165, 1.54) is 12.1 Å². The Morgan fingerprint density at radius 2 is 1.08 bits per heavy atom. The van der Waals surface area contributed by atoms with Crippen molar-refractivity contribution in [2.45, 2.75) is 26.2 Å². The molecule has 5 nitrogen and oxygen atoms in total. The summed E-state index contributed by atoms with van der Waals surface area (Å²) in [6, 6.07) is 33.0. The van der Waals surface area contributed by atoms with Crippen LogP contribution >= 0.6 is 0 Å². The molecule has 0 radical (unpaired) electrons. The second kappa shape index (κ2) is 20.8. The number of ether oxygens (including phenoxy) is 1. The van der Waals surface area contributed by atoms with Gasteiger partial charge in [-0.25, -0.2) is 4.98 Å². The van der Waals surface area contributed by atoms with E-state index in [0.717, 1.165) is 21.9 Å². The van der Waals surface area contributed by atoms with E-state index in [1.54, 1.807) is 106 Å². The molecule has 0 bridgehead atoms. The number of para-hydroxylation sites is 3. The fourth-order valence-electron chi connectivity index (χ4n) is 11.6. The van der Waals surface area contributed by atoms with Crippen LogP contribution < -0.4 is 30.1 Å². The summed E-state index contributed by atoms with van der Waals surface area (Å²) in [6.45, 7) is 6.39. The van der Waals surface area contributed by atoms with E-state index in [0.29, 0.717) is 50.4 Å². The fourth-order valence-corrected chi connectivity index (χ4v) is 15.6. The Morgan fingerprint density at radius 3 is 1.80 bits per heavy atom. The van der Waals surface area contributed by atoms with Crippen molar-refractivity contribution in [3.05, 3.63) is 297 Å². The molecule has 0 amide bonds. The van der Waals surface area contributed by atoms with E-state index in [-0.39, 0.29) is 71.0 Å². The molecule has 0 N–H and O–H groups in total. The van der Waals surface area contributed by atoms with E-state index >= 15 is 0 Å². The second-order valence-electron chi connectivity index (χ2n) is 20.8. The molecule has 0 atom stereocenters. The van der Waals surface area contributed by atoms with Gasteiger partial charge < -0.3 is 13.9 Å². The van der Waals surface area contributed by atoms with Gasteiger partial charge in [0.25, 0.3) is 6.33 Å². The van der Waals surface area contributed by atoms with Gasteiger partial charge >= 0.3 is 0 Å². The number of hydrogen-bond donors (Lipinski definition) is 0. The van der Waals surface area contributed by atoms with Crippen LogP contribution in [-0.4, -0.2) is 22.2 Å². The first kappa shape index (κ1) is 34.1. The molecule has 0 spiro atoms. The van der Waals surface area contributed by atoms with Crippen molar-refractivity contribution in [2.75, 3.05) is 0 Å². The molecule has 400 valence electrons. The molecule has 83 heavy (non-hydrogen) atoms. The van der Waals surface area contributed by atoms with Gasteiger partial charge in [0, 0.05) is 44.3 Å². The first-order valence-electron chi connectivity index (χ1n) is 36.4. The number of pyridine rings is 1. The summed E-state index contributed by atoms with van der Waals surface area (Å²) < 4.78 is 202. The zero-order valence-corrected chi connectivity index (χ0v) is 47.7. The van der Waals surface area contributed by atoms with Crippen LogP contribution in [0.4, 0.5) is 0 Å². The normalized spacial score (nSPS) is 15.3. The smallest absolute Gasteiger partial charge is 0.268 e. The maximum Gasteiger partial charge on any atom is 0.268 e. The van der Waals surface area contributed by atoms with Crippen LogP contribution in [0, 0.1) is 18.5 Å². The van der Waals surface area contributed by atoms with E-state index in [2.05, 4.69) is 45.3 Å². The minimum Gasteiger partial charge on any atom is -0.510 e. The van der Waals surface area contributed by atoms with E-state index < -0.39 is 144 Å². The maximum absolute atomic E-state index is 10.1.